The topological polar surface area (TPSA) is 93.2 Å². The molecule has 2 atom stereocenters. The molecule has 8 nitrogen and oxygen atoms in total. The Morgan fingerprint density at radius 1 is 0.588 bits per heavy atom. The molecular formula is C26H38N2O6. The van der Waals surface area contributed by atoms with Crippen LogP contribution in [0.1, 0.15) is 78.1 Å². The summed E-state index contributed by atoms with van der Waals surface area (Å²) >= 11 is 0. The Morgan fingerprint density at radius 2 is 0.941 bits per heavy atom. The number of esters is 2. The summed E-state index contributed by atoms with van der Waals surface area (Å²) in [7, 11) is 0. The summed E-state index contributed by atoms with van der Waals surface area (Å²) in [6.07, 6.45) is 14.9. The lowest BCUT2D eigenvalue weighted by atomic mass is 9.98. The van der Waals surface area contributed by atoms with Gasteiger partial charge in [-0.05, 0) is 65.2 Å². The Balaban J connectivity index is 1.46. The maximum atomic E-state index is 12.7. The van der Waals surface area contributed by atoms with Crippen LogP contribution >= 0.6 is 0 Å². The minimum Gasteiger partial charge on any atom is -0.459 e. The highest BCUT2D eigenvalue weighted by atomic mass is 16.5. The monoisotopic (exact) mass is 474 g/mol. The molecule has 8 heteroatoms. The minimum absolute atomic E-state index is 0.0532. The molecule has 3 fully saturated rings. The Labute approximate surface area is 202 Å². The fourth-order valence-corrected chi connectivity index (χ4v) is 4.98. The third-order valence-corrected chi connectivity index (χ3v) is 6.95. The molecule has 0 spiro atoms. The van der Waals surface area contributed by atoms with E-state index in [1.165, 1.54) is 37.1 Å². The molecule has 0 bridgehead atoms. The first-order valence-electron chi connectivity index (χ1n) is 12.7. The lowest BCUT2D eigenvalue weighted by Gasteiger charge is -2.43. The van der Waals surface area contributed by atoms with Crippen LogP contribution in [0.25, 0.3) is 0 Å². The van der Waals surface area contributed by atoms with Crippen molar-refractivity contribution in [1.82, 2.24) is 9.80 Å². The van der Waals surface area contributed by atoms with Crippen molar-refractivity contribution >= 4 is 23.8 Å². The third-order valence-electron chi connectivity index (χ3n) is 6.95. The quantitative estimate of drug-likeness (QED) is 0.433. The van der Waals surface area contributed by atoms with E-state index in [1.54, 1.807) is 9.80 Å². The van der Waals surface area contributed by atoms with Gasteiger partial charge in [-0.3, -0.25) is 9.59 Å². The second-order valence-corrected chi connectivity index (χ2v) is 9.74. The number of carbonyl (C=O) groups is 4. The van der Waals surface area contributed by atoms with Gasteiger partial charge in [0.15, 0.2) is 0 Å². The maximum absolute atomic E-state index is 12.7. The SMILES string of the molecule is C[C@@H]1CN(C(=O)/C=C/C(=O)OC2CCCCC2)[C@H](C)CN1C(=O)/C=C/C(=O)OC1CCCCC1. The maximum Gasteiger partial charge on any atom is 0.331 e. The molecule has 1 heterocycles. The zero-order valence-electron chi connectivity index (χ0n) is 20.4. The number of nitrogens with zero attached hydrogens (tertiary/aromatic N) is 2. The normalized spacial score (nSPS) is 25.0. The number of hydrogen-bond acceptors (Lipinski definition) is 6. The van der Waals surface area contributed by atoms with Gasteiger partial charge in [0.1, 0.15) is 12.2 Å². The number of carbonyl (C=O) groups excluding carboxylic acids is 4. The fourth-order valence-electron chi connectivity index (χ4n) is 4.98. The standard InChI is InChI=1S/C26H38N2O6/c1-19-17-28(24(30)14-16-26(32)34-22-11-7-4-8-12-22)20(2)18-27(19)23(29)13-15-25(31)33-21-9-5-3-6-10-21/h13-16,19-22H,3-12,17-18H2,1-2H3/b15-13+,16-14+/t19-,20-/m1/s1. The van der Waals surface area contributed by atoms with E-state index in [4.69, 9.17) is 9.47 Å². The van der Waals surface area contributed by atoms with Crippen LogP contribution in [0.5, 0.6) is 0 Å². The molecule has 1 aliphatic heterocycles. The van der Waals surface area contributed by atoms with E-state index in [9.17, 15) is 19.2 Å². The highest BCUT2D eigenvalue weighted by Crippen LogP contribution is 2.22. The van der Waals surface area contributed by atoms with Crippen LogP contribution in [0.2, 0.25) is 0 Å². The molecule has 2 saturated carbocycles. The first-order chi connectivity index (χ1) is 16.3. The lowest BCUT2D eigenvalue weighted by molar-refractivity contribution is -0.145. The number of piperazine rings is 1. The van der Waals surface area contributed by atoms with Crippen LogP contribution in [0, 0.1) is 0 Å². The Hall–Kier alpha value is -2.64. The molecule has 0 aromatic heterocycles. The molecule has 0 radical (unpaired) electrons. The first-order valence-corrected chi connectivity index (χ1v) is 12.7. The van der Waals surface area contributed by atoms with Gasteiger partial charge < -0.3 is 19.3 Å². The number of ether oxygens (including phenoxy) is 2. The summed E-state index contributed by atoms with van der Waals surface area (Å²) in [5, 5.41) is 0. The highest BCUT2D eigenvalue weighted by Gasteiger charge is 2.33. The van der Waals surface area contributed by atoms with Gasteiger partial charge in [-0.1, -0.05) is 12.8 Å². The zero-order chi connectivity index (χ0) is 24.5. The Morgan fingerprint density at radius 3 is 1.29 bits per heavy atom. The minimum atomic E-state index is -0.486. The van der Waals surface area contributed by atoms with Crippen molar-refractivity contribution in [3.8, 4) is 0 Å². The molecule has 2 aliphatic carbocycles. The van der Waals surface area contributed by atoms with E-state index >= 15 is 0 Å². The van der Waals surface area contributed by atoms with Crippen molar-refractivity contribution in [3.05, 3.63) is 24.3 Å². The second kappa shape index (κ2) is 12.7. The molecule has 34 heavy (non-hydrogen) atoms. The summed E-state index contributed by atoms with van der Waals surface area (Å²) in [5.41, 5.74) is 0. The molecular weight excluding hydrogens is 436 g/mol. The molecule has 0 N–H and O–H groups in total. The van der Waals surface area contributed by atoms with Crippen LogP contribution in [-0.2, 0) is 28.7 Å². The lowest BCUT2D eigenvalue weighted by Crippen LogP contribution is -2.59. The van der Waals surface area contributed by atoms with E-state index < -0.39 is 11.9 Å². The van der Waals surface area contributed by atoms with E-state index in [2.05, 4.69) is 0 Å². The van der Waals surface area contributed by atoms with E-state index in [0.29, 0.717) is 13.1 Å². The summed E-state index contributed by atoms with van der Waals surface area (Å²) < 4.78 is 10.8. The van der Waals surface area contributed by atoms with Crippen molar-refractivity contribution in [2.24, 2.45) is 0 Å². The number of amides is 2. The van der Waals surface area contributed by atoms with Crippen LogP contribution in [0.3, 0.4) is 0 Å². The van der Waals surface area contributed by atoms with E-state index in [-0.39, 0.29) is 36.1 Å². The number of hydrogen-bond donors (Lipinski definition) is 0. The molecule has 2 amide bonds. The van der Waals surface area contributed by atoms with Gasteiger partial charge in [0, 0.05) is 49.5 Å². The summed E-state index contributed by atoms with van der Waals surface area (Å²) in [6.45, 7) is 4.40. The molecule has 3 aliphatic rings. The van der Waals surface area contributed by atoms with Crippen molar-refractivity contribution in [3.63, 3.8) is 0 Å². The summed E-state index contributed by atoms with van der Waals surface area (Å²) in [6, 6.07) is -0.455. The summed E-state index contributed by atoms with van der Waals surface area (Å²) in [5.74, 6) is -1.53. The molecule has 0 aromatic rings. The zero-order valence-corrected chi connectivity index (χ0v) is 20.4. The van der Waals surface area contributed by atoms with Gasteiger partial charge in [0.05, 0.1) is 0 Å². The highest BCUT2D eigenvalue weighted by molar-refractivity contribution is 5.96. The van der Waals surface area contributed by atoms with Gasteiger partial charge in [0.2, 0.25) is 11.8 Å². The Bertz CT molecular complexity index is 729. The van der Waals surface area contributed by atoms with Gasteiger partial charge in [-0.15, -0.1) is 0 Å². The number of rotatable bonds is 6. The molecule has 0 unspecified atom stereocenters. The average molecular weight is 475 g/mol. The fraction of sp³-hybridized carbons (Fsp3) is 0.692. The van der Waals surface area contributed by atoms with Crippen LogP contribution < -0.4 is 0 Å². The van der Waals surface area contributed by atoms with Crippen molar-refractivity contribution in [2.45, 2.75) is 102 Å². The van der Waals surface area contributed by atoms with Crippen molar-refractivity contribution in [1.29, 1.82) is 0 Å². The van der Waals surface area contributed by atoms with Crippen LogP contribution in [0.4, 0.5) is 0 Å². The predicted octanol–water partition coefficient (Wildman–Crippen LogP) is 3.30. The summed E-state index contributed by atoms with van der Waals surface area (Å²) in [4.78, 5) is 52.8. The van der Waals surface area contributed by atoms with Crippen LogP contribution in [-0.4, -0.2) is 70.9 Å². The van der Waals surface area contributed by atoms with Gasteiger partial charge in [-0.2, -0.15) is 0 Å². The van der Waals surface area contributed by atoms with E-state index in [1.807, 2.05) is 13.8 Å². The van der Waals surface area contributed by atoms with Gasteiger partial charge >= 0.3 is 11.9 Å². The smallest absolute Gasteiger partial charge is 0.331 e. The predicted molar refractivity (Wildman–Crippen MR) is 127 cm³/mol. The average Bonchev–Trinajstić information content (AvgIpc) is 2.83. The van der Waals surface area contributed by atoms with Crippen LogP contribution in [0.15, 0.2) is 24.3 Å². The first kappa shape index (κ1) is 26.0. The van der Waals surface area contributed by atoms with Crippen molar-refractivity contribution < 1.29 is 28.7 Å². The molecule has 188 valence electrons. The molecule has 3 rings (SSSR count). The van der Waals surface area contributed by atoms with Gasteiger partial charge in [-0.25, -0.2) is 9.59 Å². The van der Waals surface area contributed by atoms with E-state index in [0.717, 1.165) is 51.4 Å². The van der Waals surface area contributed by atoms with Gasteiger partial charge in [0.25, 0.3) is 0 Å². The third kappa shape index (κ3) is 7.71. The molecule has 1 saturated heterocycles. The Kier molecular flexibility index (Phi) is 9.72. The molecule has 0 aromatic carbocycles. The largest absolute Gasteiger partial charge is 0.459 e. The second-order valence-electron chi connectivity index (χ2n) is 9.74. The van der Waals surface area contributed by atoms with Crippen molar-refractivity contribution in [2.75, 3.05) is 13.1 Å².